The van der Waals surface area contributed by atoms with E-state index in [2.05, 4.69) is 4.98 Å². The third kappa shape index (κ3) is 2.59. The average molecular weight is 276 g/mol. The first-order valence-corrected chi connectivity index (χ1v) is 7.64. The number of hydrogen-bond acceptors (Lipinski definition) is 3. The number of rotatable bonds is 5. The Labute approximate surface area is 120 Å². The van der Waals surface area contributed by atoms with Gasteiger partial charge in [-0.25, -0.2) is 4.98 Å². The summed E-state index contributed by atoms with van der Waals surface area (Å²) < 4.78 is 1.87. The Hall–Kier alpha value is -1.36. The van der Waals surface area contributed by atoms with Gasteiger partial charge in [0.25, 0.3) is 5.91 Å². The molecule has 5 heteroatoms. The number of amides is 1. The Morgan fingerprint density at radius 2 is 2.35 bits per heavy atom. The monoisotopic (exact) mass is 276 g/mol. The predicted molar refractivity (Wildman–Crippen MR) is 77.2 cm³/mol. The summed E-state index contributed by atoms with van der Waals surface area (Å²) in [6.45, 7) is 2.14. The minimum absolute atomic E-state index is 0.0311. The van der Waals surface area contributed by atoms with Crippen LogP contribution in [0.1, 0.15) is 36.2 Å². The van der Waals surface area contributed by atoms with Gasteiger partial charge in [0, 0.05) is 32.9 Å². The second kappa shape index (κ2) is 5.56. The van der Waals surface area contributed by atoms with Gasteiger partial charge in [-0.15, -0.1) is 0 Å². The maximum Gasteiger partial charge on any atom is 0.273 e. The summed E-state index contributed by atoms with van der Waals surface area (Å²) in [7, 11) is 1.90. The number of nitrogens with zero attached hydrogens (tertiary/aromatic N) is 3. The number of nitrogens with two attached hydrogens (primary N) is 1. The Balaban J connectivity index is 1.58. The maximum absolute atomic E-state index is 12.4. The molecular weight excluding hydrogens is 252 g/mol. The molecule has 0 aromatic carbocycles. The van der Waals surface area contributed by atoms with E-state index in [1.54, 1.807) is 12.5 Å². The van der Waals surface area contributed by atoms with Gasteiger partial charge in [0.15, 0.2) is 0 Å². The first-order valence-electron chi connectivity index (χ1n) is 7.64. The lowest BCUT2D eigenvalue weighted by Gasteiger charge is -2.26. The molecule has 2 N–H and O–H groups in total. The highest BCUT2D eigenvalue weighted by Gasteiger charge is 2.40. The molecule has 2 bridgehead atoms. The summed E-state index contributed by atoms with van der Waals surface area (Å²) >= 11 is 0. The first-order chi connectivity index (χ1) is 9.67. The number of hydrogen-bond donors (Lipinski definition) is 1. The molecule has 20 heavy (non-hydrogen) atoms. The van der Waals surface area contributed by atoms with Crippen LogP contribution in [0.2, 0.25) is 0 Å². The van der Waals surface area contributed by atoms with E-state index in [0.717, 1.165) is 18.4 Å². The zero-order valence-corrected chi connectivity index (χ0v) is 12.2. The van der Waals surface area contributed by atoms with E-state index in [1.807, 2.05) is 16.5 Å². The van der Waals surface area contributed by atoms with Crippen molar-refractivity contribution in [1.82, 2.24) is 14.5 Å². The van der Waals surface area contributed by atoms with Crippen LogP contribution in [0.5, 0.6) is 0 Å². The Bertz CT molecular complexity index is 484. The fourth-order valence-corrected chi connectivity index (χ4v) is 3.97. The van der Waals surface area contributed by atoms with Crippen molar-refractivity contribution in [2.75, 3.05) is 20.1 Å². The summed E-state index contributed by atoms with van der Waals surface area (Å²) in [4.78, 5) is 18.4. The standard InChI is InChI=1S/C15H24N4O/c1-18(8-13-7-11-2-3-12(13)6-11)15(20)14-9-19(5-4-16)10-17-14/h9-13H,2-8,16H2,1H3. The van der Waals surface area contributed by atoms with Gasteiger partial charge in [-0.1, -0.05) is 6.42 Å². The fraction of sp³-hybridized carbons (Fsp3) is 0.733. The molecule has 1 aromatic heterocycles. The molecule has 1 aromatic rings. The van der Waals surface area contributed by atoms with E-state index >= 15 is 0 Å². The van der Waals surface area contributed by atoms with Crippen LogP contribution in [0.4, 0.5) is 0 Å². The molecule has 1 heterocycles. The van der Waals surface area contributed by atoms with Crippen LogP contribution < -0.4 is 5.73 Å². The summed E-state index contributed by atoms with van der Waals surface area (Å²) in [6, 6.07) is 0. The number of carbonyl (C=O) groups excluding carboxylic acids is 1. The number of carbonyl (C=O) groups is 1. The maximum atomic E-state index is 12.4. The van der Waals surface area contributed by atoms with Crippen LogP contribution in [0.15, 0.2) is 12.5 Å². The van der Waals surface area contributed by atoms with Crippen LogP contribution in [0.3, 0.4) is 0 Å². The molecule has 2 aliphatic rings. The molecule has 3 atom stereocenters. The predicted octanol–water partition coefficient (Wildman–Crippen LogP) is 1.35. The smallest absolute Gasteiger partial charge is 0.273 e. The van der Waals surface area contributed by atoms with Crippen LogP contribution in [0, 0.1) is 17.8 Å². The number of imidazole rings is 1. The Kier molecular flexibility index (Phi) is 3.78. The van der Waals surface area contributed by atoms with Crippen LogP contribution in [-0.4, -0.2) is 40.5 Å². The molecule has 0 saturated heterocycles. The minimum Gasteiger partial charge on any atom is -0.340 e. The van der Waals surface area contributed by atoms with Crippen molar-refractivity contribution in [1.29, 1.82) is 0 Å². The summed E-state index contributed by atoms with van der Waals surface area (Å²) in [6.07, 6.45) is 8.95. The lowest BCUT2D eigenvalue weighted by Crippen LogP contribution is -2.34. The quantitative estimate of drug-likeness (QED) is 0.883. The van der Waals surface area contributed by atoms with E-state index in [9.17, 15) is 4.79 Å². The second-order valence-corrected chi connectivity index (χ2v) is 6.41. The molecule has 3 rings (SSSR count). The van der Waals surface area contributed by atoms with Gasteiger partial charge in [-0.3, -0.25) is 4.79 Å². The van der Waals surface area contributed by atoms with Crippen LogP contribution in [-0.2, 0) is 6.54 Å². The van der Waals surface area contributed by atoms with Crippen molar-refractivity contribution in [3.05, 3.63) is 18.2 Å². The molecule has 0 aliphatic heterocycles. The van der Waals surface area contributed by atoms with E-state index < -0.39 is 0 Å². The van der Waals surface area contributed by atoms with Gasteiger partial charge < -0.3 is 15.2 Å². The third-order valence-corrected chi connectivity index (χ3v) is 4.98. The number of aromatic nitrogens is 2. The van der Waals surface area contributed by atoms with Crippen LogP contribution in [0.25, 0.3) is 0 Å². The molecule has 2 aliphatic carbocycles. The van der Waals surface area contributed by atoms with E-state index in [1.165, 1.54) is 25.7 Å². The first kappa shape index (κ1) is 13.6. The molecule has 0 radical (unpaired) electrons. The summed E-state index contributed by atoms with van der Waals surface area (Å²) in [5, 5.41) is 0. The molecule has 3 unspecified atom stereocenters. The largest absolute Gasteiger partial charge is 0.340 e. The second-order valence-electron chi connectivity index (χ2n) is 6.41. The van der Waals surface area contributed by atoms with Gasteiger partial charge in [-0.2, -0.15) is 0 Å². The average Bonchev–Trinajstić information content (AvgIpc) is 3.14. The lowest BCUT2D eigenvalue weighted by atomic mass is 9.88. The highest BCUT2D eigenvalue weighted by atomic mass is 16.2. The SMILES string of the molecule is CN(CC1CC2CCC1C2)C(=O)c1cn(CCN)cn1. The highest BCUT2D eigenvalue weighted by Crippen LogP contribution is 2.48. The number of fused-ring (bicyclic) bond motifs is 2. The molecule has 0 spiro atoms. The highest BCUT2D eigenvalue weighted by molar-refractivity contribution is 5.91. The molecule has 5 nitrogen and oxygen atoms in total. The molecular formula is C15H24N4O. The van der Waals surface area contributed by atoms with Gasteiger partial charge in [0.1, 0.15) is 5.69 Å². The summed E-state index contributed by atoms with van der Waals surface area (Å²) in [5.74, 6) is 2.51. The van der Waals surface area contributed by atoms with Crippen molar-refractivity contribution >= 4 is 5.91 Å². The van der Waals surface area contributed by atoms with Gasteiger partial charge in [-0.05, 0) is 37.0 Å². The summed E-state index contributed by atoms with van der Waals surface area (Å²) in [5.41, 5.74) is 6.04. The van der Waals surface area contributed by atoms with Gasteiger partial charge in [0.05, 0.1) is 6.33 Å². The zero-order chi connectivity index (χ0) is 14.1. The molecule has 1 amide bonds. The normalized spacial score (nSPS) is 28.0. The Morgan fingerprint density at radius 1 is 1.50 bits per heavy atom. The molecule has 2 saturated carbocycles. The minimum atomic E-state index is 0.0311. The van der Waals surface area contributed by atoms with E-state index in [-0.39, 0.29) is 5.91 Å². The van der Waals surface area contributed by atoms with Crippen molar-refractivity contribution in [3.8, 4) is 0 Å². The topological polar surface area (TPSA) is 64.2 Å². The van der Waals surface area contributed by atoms with Crippen molar-refractivity contribution in [2.45, 2.75) is 32.2 Å². The fourth-order valence-electron chi connectivity index (χ4n) is 3.97. The zero-order valence-electron chi connectivity index (χ0n) is 12.2. The van der Waals surface area contributed by atoms with E-state index in [0.29, 0.717) is 24.7 Å². The van der Waals surface area contributed by atoms with Gasteiger partial charge in [0.2, 0.25) is 0 Å². The van der Waals surface area contributed by atoms with Crippen molar-refractivity contribution in [3.63, 3.8) is 0 Å². The van der Waals surface area contributed by atoms with Crippen molar-refractivity contribution in [2.24, 2.45) is 23.5 Å². The van der Waals surface area contributed by atoms with Gasteiger partial charge >= 0.3 is 0 Å². The Morgan fingerprint density at radius 3 is 3.00 bits per heavy atom. The molecule has 2 fully saturated rings. The molecule has 110 valence electrons. The van der Waals surface area contributed by atoms with Crippen molar-refractivity contribution < 1.29 is 4.79 Å². The van der Waals surface area contributed by atoms with Crippen LogP contribution >= 0.6 is 0 Å². The lowest BCUT2D eigenvalue weighted by molar-refractivity contribution is 0.0749. The van der Waals surface area contributed by atoms with E-state index in [4.69, 9.17) is 5.73 Å². The third-order valence-electron chi connectivity index (χ3n) is 4.98.